The summed E-state index contributed by atoms with van der Waals surface area (Å²) in [4.78, 5) is 14.2. The molecule has 2 saturated heterocycles. The van der Waals surface area contributed by atoms with Gasteiger partial charge in [0.2, 0.25) is 5.91 Å². The van der Waals surface area contributed by atoms with Gasteiger partial charge in [0.1, 0.15) is 0 Å². The summed E-state index contributed by atoms with van der Waals surface area (Å²) in [6, 6.07) is 0.548. The van der Waals surface area contributed by atoms with Crippen molar-refractivity contribution in [1.82, 2.24) is 15.5 Å². The minimum Gasteiger partial charge on any atom is -0.354 e. The van der Waals surface area contributed by atoms with E-state index in [0.717, 1.165) is 26.1 Å². The van der Waals surface area contributed by atoms with Gasteiger partial charge in [0.05, 0.1) is 5.92 Å². The molecule has 0 aliphatic carbocycles. The van der Waals surface area contributed by atoms with Gasteiger partial charge < -0.3 is 15.5 Å². The second-order valence-electron chi connectivity index (χ2n) is 5.07. The highest BCUT2D eigenvalue weighted by Crippen LogP contribution is 2.14. The van der Waals surface area contributed by atoms with Gasteiger partial charge in [-0.25, -0.2) is 0 Å². The Morgan fingerprint density at radius 1 is 1.44 bits per heavy atom. The van der Waals surface area contributed by atoms with E-state index in [-0.39, 0.29) is 11.8 Å². The SMILES string of the molecule is CN1CCCCC1CNC(=O)C1CCNC1. The van der Waals surface area contributed by atoms with E-state index in [1.54, 1.807) is 0 Å². The minimum absolute atomic E-state index is 0.203. The van der Waals surface area contributed by atoms with E-state index in [0.29, 0.717) is 6.04 Å². The van der Waals surface area contributed by atoms with E-state index in [1.807, 2.05) is 0 Å². The van der Waals surface area contributed by atoms with Crippen LogP contribution < -0.4 is 10.6 Å². The van der Waals surface area contributed by atoms with Crippen LogP contribution in [0.25, 0.3) is 0 Å². The van der Waals surface area contributed by atoms with Gasteiger partial charge in [-0.05, 0) is 39.4 Å². The molecule has 2 unspecified atom stereocenters. The molecule has 16 heavy (non-hydrogen) atoms. The van der Waals surface area contributed by atoms with Crippen LogP contribution in [0.5, 0.6) is 0 Å². The van der Waals surface area contributed by atoms with E-state index in [2.05, 4.69) is 22.6 Å². The van der Waals surface area contributed by atoms with Gasteiger partial charge in [-0.1, -0.05) is 6.42 Å². The molecule has 0 bridgehead atoms. The summed E-state index contributed by atoms with van der Waals surface area (Å²) in [6.07, 6.45) is 4.81. The van der Waals surface area contributed by atoms with E-state index in [4.69, 9.17) is 0 Å². The highest BCUT2D eigenvalue weighted by atomic mass is 16.1. The molecule has 0 aromatic rings. The highest BCUT2D eigenvalue weighted by molar-refractivity contribution is 5.79. The molecule has 92 valence electrons. The Hall–Kier alpha value is -0.610. The Morgan fingerprint density at radius 2 is 2.31 bits per heavy atom. The van der Waals surface area contributed by atoms with Crippen LogP contribution in [0.3, 0.4) is 0 Å². The summed E-state index contributed by atoms with van der Waals surface area (Å²) in [5.74, 6) is 0.442. The Kier molecular flexibility index (Phi) is 4.18. The molecule has 0 aromatic carbocycles. The molecule has 2 rings (SSSR count). The number of piperidine rings is 1. The van der Waals surface area contributed by atoms with Crippen molar-refractivity contribution in [1.29, 1.82) is 0 Å². The maximum Gasteiger partial charge on any atom is 0.224 e. The maximum atomic E-state index is 11.8. The van der Waals surface area contributed by atoms with E-state index < -0.39 is 0 Å². The van der Waals surface area contributed by atoms with Crippen molar-refractivity contribution in [2.24, 2.45) is 5.92 Å². The van der Waals surface area contributed by atoms with Crippen LogP contribution in [0.4, 0.5) is 0 Å². The number of hydrogen-bond acceptors (Lipinski definition) is 3. The minimum atomic E-state index is 0.203. The fourth-order valence-electron chi connectivity index (χ4n) is 2.64. The first-order valence-electron chi connectivity index (χ1n) is 6.46. The first-order chi connectivity index (χ1) is 7.77. The summed E-state index contributed by atoms with van der Waals surface area (Å²) < 4.78 is 0. The lowest BCUT2D eigenvalue weighted by Gasteiger charge is -2.32. The van der Waals surface area contributed by atoms with Gasteiger partial charge in [0, 0.05) is 19.1 Å². The van der Waals surface area contributed by atoms with Crippen LogP contribution in [0.1, 0.15) is 25.7 Å². The largest absolute Gasteiger partial charge is 0.354 e. The Morgan fingerprint density at radius 3 is 3.00 bits per heavy atom. The third-order valence-corrected chi connectivity index (χ3v) is 3.86. The topological polar surface area (TPSA) is 44.4 Å². The van der Waals surface area contributed by atoms with Gasteiger partial charge in [-0.2, -0.15) is 0 Å². The smallest absolute Gasteiger partial charge is 0.224 e. The van der Waals surface area contributed by atoms with E-state index >= 15 is 0 Å². The van der Waals surface area contributed by atoms with E-state index in [1.165, 1.54) is 25.8 Å². The zero-order chi connectivity index (χ0) is 11.4. The molecule has 2 aliphatic heterocycles. The third-order valence-electron chi connectivity index (χ3n) is 3.86. The Balaban J connectivity index is 1.71. The lowest BCUT2D eigenvalue weighted by Crippen LogP contribution is -2.46. The predicted molar refractivity (Wildman–Crippen MR) is 64.3 cm³/mol. The van der Waals surface area contributed by atoms with Crippen molar-refractivity contribution >= 4 is 5.91 Å². The van der Waals surface area contributed by atoms with Crippen LogP contribution in [-0.2, 0) is 4.79 Å². The van der Waals surface area contributed by atoms with Gasteiger partial charge in [-0.15, -0.1) is 0 Å². The molecule has 2 N–H and O–H groups in total. The molecule has 4 nitrogen and oxygen atoms in total. The second-order valence-corrected chi connectivity index (χ2v) is 5.07. The van der Waals surface area contributed by atoms with Crippen molar-refractivity contribution in [3.8, 4) is 0 Å². The van der Waals surface area contributed by atoms with Crippen molar-refractivity contribution in [2.45, 2.75) is 31.7 Å². The van der Waals surface area contributed by atoms with Crippen LogP contribution in [0.2, 0.25) is 0 Å². The normalized spacial score (nSPS) is 31.6. The number of carbonyl (C=O) groups is 1. The summed E-state index contributed by atoms with van der Waals surface area (Å²) >= 11 is 0. The van der Waals surface area contributed by atoms with Crippen LogP contribution in [0, 0.1) is 5.92 Å². The standard InChI is InChI=1S/C12H23N3O/c1-15-7-3-2-4-11(15)9-14-12(16)10-5-6-13-8-10/h10-11,13H,2-9H2,1H3,(H,14,16). The average molecular weight is 225 g/mol. The number of nitrogens with one attached hydrogen (secondary N) is 2. The molecule has 0 aromatic heterocycles. The molecule has 0 saturated carbocycles. The zero-order valence-corrected chi connectivity index (χ0v) is 10.2. The van der Waals surface area contributed by atoms with Crippen LogP contribution in [0.15, 0.2) is 0 Å². The van der Waals surface area contributed by atoms with Gasteiger partial charge in [-0.3, -0.25) is 4.79 Å². The second kappa shape index (κ2) is 5.64. The van der Waals surface area contributed by atoms with Crippen LogP contribution in [-0.4, -0.2) is 50.1 Å². The summed E-state index contributed by atoms with van der Waals surface area (Å²) in [7, 11) is 2.16. The number of amides is 1. The summed E-state index contributed by atoms with van der Waals surface area (Å²) in [5, 5.41) is 6.33. The van der Waals surface area contributed by atoms with Gasteiger partial charge in [0.25, 0.3) is 0 Å². The maximum absolute atomic E-state index is 11.8. The molecule has 2 atom stereocenters. The van der Waals surface area contributed by atoms with Crippen molar-refractivity contribution < 1.29 is 4.79 Å². The number of nitrogens with zero attached hydrogens (tertiary/aromatic N) is 1. The lowest BCUT2D eigenvalue weighted by atomic mass is 10.0. The molecule has 4 heteroatoms. The van der Waals surface area contributed by atoms with E-state index in [9.17, 15) is 4.79 Å². The highest BCUT2D eigenvalue weighted by Gasteiger charge is 2.24. The fraction of sp³-hybridized carbons (Fsp3) is 0.917. The molecule has 0 spiro atoms. The predicted octanol–water partition coefficient (Wildman–Crippen LogP) is 0.196. The summed E-state index contributed by atoms with van der Waals surface area (Å²) in [5.41, 5.74) is 0. The quantitative estimate of drug-likeness (QED) is 0.721. The molecule has 2 fully saturated rings. The number of likely N-dealkylation sites (tertiary alicyclic amines) is 1. The summed E-state index contributed by atoms with van der Waals surface area (Å²) in [6.45, 7) is 3.84. The number of hydrogen-bond donors (Lipinski definition) is 2. The number of likely N-dealkylation sites (N-methyl/N-ethyl adjacent to an activating group) is 1. The van der Waals surface area contributed by atoms with Crippen molar-refractivity contribution in [2.75, 3.05) is 33.2 Å². The zero-order valence-electron chi connectivity index (χ0n) is 10.2. The molecule has 2 heterocycles. The van der Waals surface area contributed by atoms with Gasteiger partial charge >= 0.3 is 0 Å². The van der Waals surface area contributed by atoms with Crippen molar-refractivity contribution in [3.05, 3.63) is 0 Å². The number of rotatable bonds is 3. The first kappa shape index (κ1) is 11.9. The Labute approximate surface area is 97.8 Å². The monoisotopic (exact) mass is 225 g/mol. The first-order valence-corrected chi connectivity index (χ1v) is 6.46. The van der Waals surface area contributed by atoms with Crippen LogP contribution >= 0.6 is 0 Å². The molecular formula is C12H23N3O. The molecule has 1 amide bonds. The Bertz CT molecular complexity index is 238. The lowest BCUT2D eigenvalue weighted by molar-refractivity contribution is -0.124. The fourth-order valence-corrected chi connectivity index (χ4v) is 2.64. The third kappa shape index (κ3) is 2.95. The number of carbonyl (C=O) groups excluding carboxylic acids is 1. The molecular weight excluding hydrogens is 202 g/mol. The van der Waals surface area contributed by atoms with Gasteiger partial charge in [0.15, 0.2) is 0 Å². The molecule has 2 aliphatic rings. The van der Waals surface area contributed by atoms with Crippen molar-refractivity contribution in [3.63, 3.8) is 0 Å². The molecule has 0 radical (unpaired) electrons. The average Bonchev–Trinajstić information content (AvgIpc) is 2.81.